The average Bonchev–Trinajstić information content (AvgIpc) is 2.56. The third-order valence-corrected chi connectivity index (χ3v) is 4.33. The summed E-state index contributed by atoms with van der Waals surface area (Å²) < 4.78 is 2.19. The summed E-state index contributed by atoms with van der Waals surface area (Å²) in [5.74, 6) is 0.634. The van der Waals surface area contributed by atoms with Gasteiger partial charge in [-0.3, -0.25) is 4.98 Å². The van der Waals surface area contributed by atoms with Gasteiger partial charge in [0.15, 0.2) is 6.20 Å². The van der Waals surface area contributed by atoms with Gasteiger partial charge in [0, 0.05) is 34.6 Å². The van der Waals surface area contributed by atoms with Gasteiger partial charge < -0.3 is 0 Å². The van der Waals surface area contributed by atoms with Gasteiger partial charge in [0.25, 0.3) is 0 Å². The topological polar surface area (TPSA) is 16.8 Å². The van der Waals surface area contributed by atoms with Gasteiger partial charge in [-0.1, -0.05) is 38.1 Å². The van der Waals surface area contributed by atoms with Crippen molar-refractivity contribution in [1.82, 2.24) is 4.98 Å². The van der Waals surface area contributed by atoms with Gasteiger partial charge in [-0.2, -0.15) is 0 Å². The zero-order chi connectivity index (χ0) is 17.1. The maximum atomic E-state index is 4.61. The van der Waals surface area contributed by atoms with E-state index in [1.54, 1.807) is 0 Å². The Labute approximate surface area is 144 Å². The molecule has 0 atom stereocenters. The molecule has 3 aromatic rings. The van der Waals surface area contributed by atoms with E-state index in [4.69, 9.17) is 0 Å². The van der Waals surface area contributed by atoms with Gasteiger partial charge in [0.05, 0.1) is 0 Å². The minimum atomic E-state index is 0.634. The number of rotatable bonds is 4. The molecule has 0 spiro atoms. The Kier molecular flexibility index (Phi) is 4.75. The molecule has 2 aromatic heterocycles. The highest BCUT2D eigenvalue weighted by atomic mass is 14.9. The molecule has 0 amide bonds. The van der Waals surface area contributed by atoms with Gasteiger partial charge in [-0.15, -0.1) is 0 Å². The summed E-state index contributed by atoms with van der Waals surface area (Å²) in [6.07, 6.45) is 5.20. The van der Waals surface area contributed by atoms with Crippen LogP contribution in [0.4, 0.5) is 0 Å². The molecule has 0 saturated carbocycles. The molecule has 122 valence electrons. The van der Waals surface area contributed by atoms with E-state index in [1.165, 1.54) is 22.4 Å². The predicted octanol–water partition coefficient (Wildman–Crippen LogP) is 4.75. The molecule has 0 unspecified atom stereocenters. The van der Waals surface area contributed by atoms with Crippen molar-refractivity contribution in [1.29, 1.82) is 0 Å². The minimum absolute atomic E-state index is 0.634. The fourth-order valence-corrected chi connectivity index (χ4v) is 3.05. The Bertz CT molecular complexity index is 833. The summed E-state index contributed by atoms with van der Waals surface area (Å²) in [4.78, 5) is 4.61. The molecule has 0 aliphatic heterocycles. The highest BCUT2D eigenvalue weighted by Crippen LogP contribution is 2.23. The number of pyridine rings is 2. The summed E-state index contributed by atoms with van der Waals surface area (Å²) in [6.45, 7) is 6.60. The van der Waals surface area contributed by atoms with E-state index in [0.29, 0.717) is 5.92 Å². The van der Waals surface area contributed by atoms with Crippen LogP contribution in [-0.4, -0.2) is 4.98 Å². The molecule has 2 heterocycles. The molecule has 0 aliphatic carbocycles. The Morgan fingerprint density at radius 3 is 2.33 bits per heavy atom. The summed E-state index contributed by atoms with van der Waals surface area (Å²) in [5, 5.41) is 0. The number of aryl methyl sites for hydroxylation is 2. The number of nitrogens with zero attached hydrogens (tertiary/aromatic N) is 2. The van der Waals surface area contributed by atoms with Crippen LogP contribution < -0.4 is 4.57 Å². The highest BCUT2D eigenvalue weighted by Gasteiger charge is 2.13. The first-order valence-corrected chi connectivity index (χ1v) is 8.55. The molecule has 0 saturated heterocycles. The van der Waals surface area contributed by atoms with Gasteiger partial charge >= 0.3 is 0 Å². The minimum Gasteiger partial charge on any atom is -0.261 e. The molecule has 0 aliphatic rings. The fourth-order valence-electron chi connectivity index (χ4n) is 3.05. The van der Waals surface area contributed by atoms with E-state index in [-0.39, 0.29) is 0 Å². The van der Waals surface area contributed by atoms with Crippen molar-refractivity contribution in [3.63, 3.8) is 0 Å². The molecule has 0 bridgehead atoms. The predicted molar refractivity (Wildman–Crippen MR) is 99.6 cm³/mol. The third-order valence-electron chi connectivity index (χ3n) is 4.33. The van der Waals surface area contributed by atoms with Crippen molar-refractivity contribution in [3.05, 3.63) is 72.2 Å². The third kappa shape index (κ3) is 3.53. The van der Waals surface area contributed by atoms with Crippen LogP contribution in [0.25, 0.3) is 22.4 Å². The van der Waals surface area contributed by atoms with E-state index >= 15 is 0 Å². The molecule has 24 heavy (non-hydrogen) atoms. The Morgan fingerprint density at radius 1 is 0.958 bits per heavy atom. The van der Waals surface area contributed by atoms with Crippen molar-refractivity contribution in [3.8, 4) is 22.4 Å². The van der Waals surface area contributed by atoms with Crippen LogP contribution in [0.15, 0.2) is 60.9 Å². The monoisotopic (exact) mass is 317 g/mol. The van der Waals surface area contributed by atoms with E-state index in [0.717, 1.165) is 17.7 Å². The quantitative estimate of drug-likeness (QED) is 0.635. The zero-order valence-corrected chi connectivity index (χ0v) is 15.0. The van der Waals surface area contributed by atoms with Crippen molar-refractivity contribution in [2.45, 2.75) is 27.2 Å². The van der Waals surface area contributed by atoms with Gasteiger partial charge in [-0.05, 0) is 43.0 Å². The van der Waals surface area contributed by atoms with Crippen LogP contribution in [0.2, 0.25) is 0 Å². The molecule has 0 N–H and O–H groups in total. The SMILES string of the molecule is Cc1ccccc1-c1ccc(-c2ccc(CC(C)C)nc2)c[n+]1C. The lowest BCUT2D eigenvalue weighted by atomic mass is 10.0. The molecule has 3 rings (SSSR count). The second-order valence-corrected chi connectivity index (χ2v) is 6.87. The first-order valence-electron chi connectivity index (χ1n) is 8.55. The van der Waals surface area contributed by atoms with Crippen LogP contribution in [0.3, 0.4) is 0 Å². The normalized spacial score (nSPS) is 11.0. The lowest BCUT2D eigenvalue weighted by molar-refractivity contribution is -0.659. The van der Waals surface area contributed by atoms with Crippen molar-refractivity contribution in [2.75, 3.05) is 0 Å². The lowest BCUT2D eigenvalue weighted by Crippen LogP contribution is -2.30. The second-order valence-electron chi connectivity index (χ2n) is 6.87. The number of benzene rings is 1. The van der Waals surface area contributed by atoms with E-state index in [9.17, 15) is 0 Å². The summed E-state index contributed by atoms with van der Waals surface area (Å²) in [6, 6.07) is 17.2. The smallest absolute Gasteiger partial charge is 0.212 e. The Hall–Kier alpha value is -2.48. The van der Waals surface area contributed by atoms with E-state index < -0.39 is 0 Å². The van der Waals surface area contributed by atoms with Gasteiger partial charge in [0.1, 0.15) is 7.05 Å². The summed E-state index contributed by atoms with van der Waals surface area (Å²) >= 11 is 0. The maximum absolute atomic E-state index is 4.61. The molecule has 1 aromatic carbocycles. The van der Waals surface area contributed by atoms with Crippen molar-refractivity contribution in [2.24, 2.45) is 13.0 Å². The van der Waals surface area contributed by atoms with Crippen LogP contribution in [0.1, 0.15) is 25.1 Å². The van der Waals surface area contributed by atoms with Gasteiger partial charge in [-0.25, -0.2) is 4.57 Å². The Balaban J connectivity index is 1.91. The molecule has 0 fully saturated rings. The van der Waals surface area contributed by atoms with Gasteiger partial charge in [0.2, 0.25) is 5.69 Å². The molecule has 2 nitrogen and oxygen atoms in total. The molecule has 2 heteroatoms. The highest BCUT2D eigenvalue weighted by molar-refractivity contribution is 5.65. The largest absolute Gasteiger partial charge is 0.261 e. The van der Waals surface area contributed by atoms with Crippen molar-refractivity contribution < 1.29 is 4.57 Å². The Morgan fingerprint density at radius 2 is 1.71 bits per heavy atom. The molecule has 0 radical (unpaired) electrons. The standard InChI is InChI=1S/C22H25N2/c1-16(2)13-20-11-9-18(14-23-20)19-10-12-22(24(4)15-19)21-8-6-5-7-17(21)3/h5-12,14-16H,13H2,1-4H3/q+1. The maximum Gasteiger partial charge on any atom is 0.212 e. The first-order chi connectivity index (χ1) is 11.5. The number of aromatic nitrogens is 2. The molecular formula is C22H25N2+. The van der Waals surface area contributed by atoms with Crippen molar-refractivity contribution >= 4 is 0 Å². The summed E-state index contributed by atoms with van der Waals surface area (Å²) in [7, 11) is 2.10. The van der Waals surface area contributed by atoms with Crippen LogP contribution in [0.5, 0.6) is 0 Å². The lowest BCUT2D eigenvalue weighted by Gasteiger charge is -2.07. The average molecular weight is 317 g/mol. The molecular weight excluding hydrogens is 292 g/mol. The fraction of sp³-hybridized carbons (Fsp3) is 0.273. The summed E-state index contributed by atoms with van der Waals surface area (Å²) in [5.41, 5.74) is 7.31. The van der Waals surface area contributed by atoms with Crippen LogP contribution in [0, 0.1) is 12.8 Å². The zero-order valence-electron chi connectivity index (χ0n) is 15.0. The second kappa shape index (κ2) is 6.96. The van der Waals surface area contributed by atoms with E-state index in [2.05, 4.69) is 92.1 Å². The van der Waals surface area contributed by atoms with E-state index in [1.807, 2.05) is 6.20 Å². The van der Waals surface area contributed by atoms with Crippen LogP contribution >= 0.6 is 0 Å². The van der Waals surface area contributed by atoms with Crippen LogP contribution in [-0.2, 0) is 13.5 Å². The number of hydrogen-bond donors (Lipinski definition) is 0. The first kappa shape index (κ1) is 16.4. The number of hydrogen-bond acceptors (Lipinski definition) is 1.